The zero-order valence-electron chi connectivity index (χ0n) is 18.6. The molecule has 0 saturated carbocycles. The van der Waals surface area contributed by atoms with Crippen LogP contribution < -0.4 is 5.32 Å². The summed E-state index contributed by atoms with van der Waals surface area (Å²) < 4.78 is 7.47. The monoisotopic (exact) mass is 421 g/mol. The van der Waals surface area contributed by atoms with Gasteiger partial charge >= 0.3 is 0 Å². The Morgan fingerprint density at radius 3 is 2.65 bits per heavy atom. The number of amides is 1. The van der Waals surface area contributed by atoms with E-state index in [0.29, 0.717) is 19.1 Å². The molecule has 1 aromatic carbocycles. The number of ether oxygens (including phenoxy) is 1. The first kappa shape index (κ1) is 21.3. The second-order valence-electron chi connectivity index (χ2n) is 8.14. The van der Waals surface area contributed by atoms with Crippen molar-refractivity contribution in [3.63, 3.8) is 0 Å². The van der Waals surface area contributed by atoms with Gasteiger partial charge in [0.15, 0.2) is 5.65 Å². The first-order chi connectivity index (χ1) is 15.1. The van der Waals surface area contributed by atoms with Gasteiger partial charge in [-0.1, -0.05) is 30.3 Å². The third kappa shape index (κ3) is 4.71. The summed E-state index contributed by atoms with van der Waals surface area (Å²) >= 11 is 0. The van der Waals surface area contributed by atoms with Crippen LogP contribution in [0.5, 0.6) is 0 Å². The number of rotatable bonds is 7. The highest BCUT2D eigenvalue weighted by molar-refractivity contribution is 5.91. The molecule has 0 radical (unpaired) electrons. The van der Waals surface area contributed by atoms with Crippen molar-refractivity contribution < 1.29 is 9.53 Å². The lowest BCUT2D eigenvalue weighted by molar-refractivity contribution is -0.130. The molecule has 1 aliphatic rings. The lowest BCUT2D eigenvalue weighted by Crippen LogP contribution is -2.31. The Bertz CT molecular complexity index is 1040. The van der Waals surface area contributed by atoms with Gasteiger partial charge in [-0.2, -0.15) is 5.10 Å². The molecular formula is C24H31N5O2. The summed E-state index contributed by atoms with van der Waals surface area (Å²) in [5.74, 6) is 0.0459. The van der Waals surface area contributed by atoms with Crippen LogP contribution in [0.2, 0.25) is 0 Å². The van der Waals surface area contributed by atoms with Gasteiger partial charge in [0.25, 0.3) is 0 Å². The second kappa shape index (κ2) is 9.47. The molecular weight excluding hydrogens is 390 g/mol. The normalized spacial score (nSPS) is 14.7. The zero-order valence-corrected chi connectivity index (χ0v) is 18.6. The number of pyridine rings is 1. The highest BCUT2D eigenvalue weighted by atomic mass is 16.5. The highest BCUT2D eigenvalue weighted by Gasteiger charge is 2.23. The van der Waals surface area contributed by atoms with Crippen LogP contribution in [0.25, 0.3) is 11.0 Å². The minimum absolute atomic E-state index is 0.0459. The number of aryl methyl sites for hydroxylation is 2. The number of carbonyl (C=O) groups is 1. The lowest BCUT2D eigenvalue weighted by atomic mass is 10.0. The van der Waals surface area contributed by atoms with Gasteiger partial charge in [-0.25, -0.2) is 9.67 Å². The molecule has 1 fully saturated rings. The Morgan fingerprint density at radius 2 is 1.97 bits per heavy atom. The van der Waals surface area contributed by atoms with Crippen molar-refractivity contribution >= 4 is 22.6 Å². The predicted octanol–water partition coefficient (Wildman–Crippen LogP) is 3.90. The van der Waals surface area contributed by atoms with Crippen LogP contribution in [0.3, 0.4) is 0 Å². The Balaban J connectivity index is 1.72. The first-order valence-electron chi connectivity index (χ1n) is 11.1. The van der Waals surface area contributed by atoms with Gasteiger partial charge in [-0.3, -0.25) is 4.79 Å². The third-order valence-electron chi connectivity index (χ3n) is 5.97. The number of fused-ring (bicyclic) bond motifs is 1. The van der Waals surface area contributed by atoms with Crippen LogP contribution >= 0.6 is 0 Å². The zero-order chi connectivity index (χ0) is 21.8. The maximum absolute atomic E-state index is 12.5. The van der Waals surface area contributed by atoms with Gasteiger partial charge in [-0.05, 0) is 32.3 Å². The van der Waals surface area contributed by atoms with Crippen molar-refractivity contribution in [2.45, 2.75) is 59.3 Å². The van der Waals surface area contributed by atoms with Crippen LogP contribution in [-0.2, 0) is 29.2 Å². The van der Waals surface area contributed by atoms with E-state index in [1.165, 1.54) is 0 Å². The molecule has 3 heterocycles. The van der Waals surface area contributed by atoms with E-state index in [1.807, 2.05) is 40.9 Å². The minimum atomic E-state index is 0.0459. The van der Waals surface area contributed by atoms with Crippen molar-refractivity contribution in [3.8, 4) is 0 Å². The molecule has 0 unspecified atom stereocenters. The standard InChI is InChI=1S/C24H31N5O2/c1-4-29-24-21(14-25-29)23(27-20-10-12-31-13-11-20)22(17(2)26-24)16-28(18(3)30)15-19-8-6-5-7-9-19/h5-9,14,20H,4,10-13,15-16H2,1-3H3,(H,26,27). The van der Waals surface area contributed by atoms with E-state index in [0.717, 1.165) is 66.1 Å². The number of nitrogens with one attached hydrogen (secondary N) is 1. The fourth-order valence-electron chi connectivity index (χ4n) is 4.15. The Labute approximate surface area is 183 Å². The number of aromatic nitrogens is 3. The maximum atomic E-state index is 12.5. The van der Waals surface area contributed by atoms with Crippen molar-refractivity contribution in [1.82, 2.24) is 19.7 Å². The van der Waals surface area contributed by atoms with E-state index in [2.05, 4.69) is 29.5 Å². The summed E-state index contributed by atoms with van der Waals surface area (Å²) in [5, 5.41) is 9.32. The first-order valence-corrected chi connectivity index (χ1v) is 11.1. The van der Waals surface area contributed by atoms with Crippen molar-refractivity contribution in [1.29, 1.82) is 0 Å². The molecule has 164 valence electrons. The van der Waals surface area contributed by atoms with E-state index in [9.17, 15) is 4.79 Å². The number of anilines is 1. The maximum Gasteiger partial charge on any atom is 0.220 e. The van der Waals surface area contributed by atoms with Gasteiger partial charge in [-0.15, -0.1) is 0 Å². The Hall–Kier alpha value is -2.93. The van der Waals surface area contributed by atoms with Gasteiger partial charge in [0.2, 0.25) is 5.91 Å². The number of hydrogen-bond acceptors (Lipinski definition) is 5. The highest BCUT2D eigenvalue weighted by Crippen LogP contribution is 2.32. The summed E-state index contributed by atoms with van der Waals surface area (Å²) in [6.45, 7) is 9.09. The molecule has 0 bridgehead atoms. The molecule has 1 N–H and O–H groups in total. The van der Waals surface area contributed by atoms with Crippen LogP contribution in [0.4, 0.5) is 5.69 Å². The molecule has 0 aliphatic carbocycles. The Kier molecular flexibility index (Phi) is 6.51. The molecule has 2 aromatic heterocycles. The van der Waals surface area contributed by atoms with Crippen LogP contribution in [0.15, 0.2) is 36.5 Å². The number of carbonyl (C=O) groups excluding carboxylic acids is 1. The van der Waals surface area contributed by atoms with Crippen LogP contribution in [0, 0.1) is 6.92 Å². The molecule has 0 atom stereocenters. The molecule has 1 aliphatic heterocycles. The van der Waals surface area contributed by atoms with E-state index < -0.39 is 0 Å². The summed E-state index contributed by atoms with van der Waals surface area (Å²) in [5.41, 5.74) is 5.03. The van der Waals surface area contributed by atoms with E-state index in [1.54, 1.807) is 6.92 Å². The summed E-state index contributed by atoms with van der Waals surface area (Å²) in [7, 11) is 0. The fraction of sp³-hybridized carbons (Fsp3) is 0.458. The SMILES string of the molecule is CCn1ncc2c(NC3CCOCC3)c(CN(Cc3ccccc3)C(C)=O)c(C)nc21. The predicted molar refractivity (Wildman–Crippen MR) is 122 cm³/mol. The minimum Gasteiger partial charge on any atom is -0.381 e. The molecule has 0 spiro atoms. The van der Waals surface area contributed by atoms with Crippen molar-refractivity contribution in [2.24, 2.45) is 0 Å². The van der Waals surface area contributed by atoms with Gasteiger partial charge in [0.1, 0.15) is 0 Å². The average Bonchev–Trinajstić information content (AvgIpc) is 3.19. The number of nitrogens with zero attached hydrogens (tertiary/aromatic N) is 4. The van der Waals surface area contributed by atoms with Gasteiger partial charge < -0.3 is 15.0 Å². The fourth-order valence-corrected chi connectivity index (χ4v) is 4.15. The molecule has 4 rings (SSSR count). The quantitative estimate of drug-likeness (QED) is 0.626. The summed E-state index contributed by atoms with van der Waals surface area (Å²) in [6, 6.07) is 10.4. The van der Waals surface area contributed by atoms with Gasteiger partial charge in [0, 0.05) is 57.1 Å². The van der Waals surface area contributed by atoms with E-state index in [-0.39, 0.29) is 5.91 Å². The smallest absolute Gasteiger partial charge is 0.220 e. The lowest BCUT2D eigenvalue weighted by Gasteiger charge is -2.28. The number of hydrogen-bond donors (Lipinski definition) is 1. The Morgan fingerprint density at radius 1 is 1.23 bits per heavy atom. The molecule has 7 nitrogen and oxygen atoms in total. The molecule has 1 saturated heterocycles. The average molecular weight is 422 g/mol. The molecule has 3 aromatic rings. The second-order valence-corrected chi connectivity index (χ2v) is 8.14. The van der Waals surface area contributed by atoms with E-state index in [4.69, 9.17) is 9.72 Å². The summed E-state index contributed by atoms with van der Waals surface area (Å²) in [6.07, 6.45) is 3.82. The van der Waals surface area contributed by atoms with Crippen LogP contribution in [-0.4, -0.2) is 44.8 Å². The summed E-state index contributed by atoms with van der Waals surface area (Å²) in [4.78, 5) is 19.3. The van der Waals surface area contributed by atoms with Crippen LogP contribution in [0.1, 0.15) is 43.5 Å². The molecule has 7 heteroatoms. The molecule has 1 amide bonds. The van der Waals surface area contributed by atoms with Gasteiger partial charge in [0.05, 0.1) is 17.3 Å². The third-order valence-corrected chi connectivity index (χ3v) is 5.97. The molecule has 31 heavy (non-hydrogen) atoms. The largest absolute Gasteiger partial charge is 0.381 e. The van der Waals surface area contributed by atoms with Crippen molar-refractivity contribution in [2.75, 3.05) is 18.5 Å². The van der Waals surface area contributed by atoms with Crippen molar-refractivity contribution in [3.05, 3.63) is 53.3 Å². The number of benzene rings is 1. The topological polar surface area (TPSA) is 72.3 Å². The van der Waals surface area contributed by atoms with E-state index >= 15 is 0 Å².